The van der Waals surface area contributed by atoms with E-state index in [0.717, 1.165) is 5.56 Å². The first-order valence-electron chi connectivity index (χ1n) is 3.21. The SMILES string of the molecule is FC/C=C\c1ccccc1. The van der Waals surface area contributed by atoms with E-state index >= 15 is 0 Å². The summed E-state index contributed by atoms with van der Waals surface area (Å²) < 4.78 is 11.6. The van der Waals surface area contributed by atoms with Crippen molar-refractivity contribution in [2.75, 3.05) is 6.67 Å². The summed E-state index contributed by atoms with van der Waals surface area (Å²) >= 11 is 0. The standard InChI is InChI=1S/C9H9F/c10-8-4-7-9-5-2-1-3-6-9/h1-7H,8H2/b7-4-. The maximum Gasteiger partial charge on any atom is 0.108 e. The summed E-state index contributed by atoms with van der Waals surface area (Å²) in [6, 6.07) is 9.67. The minimum Gasteiger partial charge on any atom is -0.247 e. The van der Waals surface area contributed by atoms with E-state index in [1.54, 1.807) is 6.08 Å². The fourth-order valence-electron chi connectivity index (χ4n) is 0.745. The Balaban J connectivity index is 2.67. The minimum atomic E-state index is -0.394. The monoisotopic (exact) mass is 136 g/mol. The van der Waals surface area contributed by atoms with Gasteiger partial charge in [0.1, 0.15) is 6.67 Å². The molecule has 0 radical (unpaired) electrons. The van der Waals surface area contributed by atoms with Gasteiger partial charge in [0.15, 0.2) is 0 Å². The van der Waals surface area contributed by atoms with E-state index in [9.17, 15) is 4.39 Å². The number of alkyl halides is 1. The van der Waals surface area contributed by atoms with Gasteiger partial charge in [-0.05, 0) is 5.56 Å². The van der Waals surface area contributed by atoms with E-state index in [1.807, 2.05) is 30.3 Å². The molecule has 0 aliphatic carbocycles. The first-order valence-corrected chi connectivity index (χ1v) is 3.21. The fourth-order valence-corrected chi connectivity index (χ4v) is 0.745. The number of hydrogen-bond acceptors (Lipinski definition) is 0. The van der Waals surface area contributed by atoms with Crippen molar-refractivity contribution in [2.45, 2.75) is 0 Å². The third-order valence-electron chi connectivity index (χ3n) is 1.20. The van der Waals surface area contributed by atoms with E-state index < -0.39 is 6.67 Å². The van der Waals surface area contributed by atoms with E-state index in [-0.39, 0.29) is 0 Å². The third kappa shape index (κ3) is 2.02. The normalized spacial score (nSPS) is 10.5. The van der Waals surface area contributed by atoms with E-state index in [4.69, 9.17) is 0 Å². The zero-order valence-electron chi connectivity index (χ0n) is 5.63. The van der Waals surface area contributed by atoms with Crippen LogP contribution in [0.5, 0.6) is 0 Å². The lowest BCUT2D eigenvalue weighted by Crippen LogP contribution is -1.68. The summed E-state index contributed by atoms with van der Waals surface area (Å²) in [4.78, 5) is 0. The molecule has 0 nitrogen and oxygen atoms in total. The highest BCUT2D eigenvalue weighted by Gasteiger charge is 1.79. The third-order valence-corrected chi connectivity index (χ3v) is 1.20. The molecule has 0 atom stereocenters. The summed E-state index contributed by atoms with van der Waals surface area (Å²) in [7, 11) is 0. The summed E-state index contributed by atoms with van der Waals surface area (Å²) in [5.74, 6) is 0. The van der Waals surface area contributed by atoms with Crippen molar-refractivity contribution >= 4 is 6.08 Å². The highest BCUT2D eigenvalue weighted by Crippen LogP contribution is 1.99. The lowest BCUT2D eigenvalue weighted by Gasteiger charge is -1.87. The summed E-state index contributed by atoms with van der Waals surface area (Å²) in [6.45, 7) is -0.394. The molecule has 10 heavy (non-hydrogen) atoms. The number of halogens is 1. The zero-order valence-corrected chi connectivity index (χ0v) is 5.63. The summed E-state index contributed by atoms with van der Waals surface area (Å²) in [5.41, 5.74) is 1.04. The Hall–Kier alpha value is -1.11. The fraction of sp³-hybridized carbons (Fsp3) is 0.111. The van der Waals surface area contributed by atoms with Gasteiger partial charge in [-0.1, -0.05) is 42.5 Å². The zero-order chi connectivity index (χ0) is 7.23. The highest BCUT2D eigenvalue weighted by atomic mass is 19.1. The van der Waals surface area contributed by atoms with Gasteiger partial charge in [-0.3, -0.25) is 0 Å². The van der Waals surface area contributed by atoms with Gasteiger partial charge in [-0.2, -0.15) is 0 Å². The second kappa shape index (κ2) is 3.83. The Morgan fingerprint density at radius 2 is 1.90 bits per heavy atom. The van der Waals surface area contributed by atoms with Crippen LogP contribution in [0.2, 0.25) is 0 Å². The van der Waals surface area contributed by atoms with Gasteiger partial charge in [0.25, 0.3) is 0 Å². The predicted molar refractivity (Wildman–Crippen MR) is 41.5 cm³/mol. The first-order chi connectivity index (χ1) is 4.93. The minimum absolute atomic E-state index is 0.394. The molecular formula is C9H9F. The molecule has 1 rings (SSSR count). The molecule has 0 fully saturated rings. The first kappa shape index (κ1) is 7.00. The Labute approximate surface area is 60.0 Å². The molecule has 0 aliphatic rings. The molecule has 0 saturated heterocycles. The largest absolute Gasteiger partial charge is 0.247 e. The number of rotatable bonds is 2. The van der Waals surface area contributed by atoms with Crippen LogP contribution < -0.4 is 0 Å². The topological polar surface area (TPSA) is 0 Å². The van der Waals surface area contributed by atoms with Gasteiger partial charge in [0.2, 0.25) is 0 Å². The molecule has 0 bridgehead atoms. The molecule has 0 saturated carbocycles. The Bertz CT molecular complexity index is 201. The highest BCUT2D eigenvalue weighted by molar-refractivity contribution is 5.48. The van der Waals surface area contributed by atoms with Crippen molar-refractivity contribution in [1.29, 1.82) is 0 Å². The quantitative estimate of drug-likeness (QED) is 0.586. The second-order valence-electron chi connectivity index (χ2n) is 1.97. The van der Waals surface area contributed by atoms with Gasteiger partial charge in [-0.15, -0.1) is 0 Å². The van der Waals surface area contributed by atoms with Gasteiger partial charge < -0.3 is 0 Å². The van der Waals surface area contributed by atoms with Crippen LogP contribution in [0, 0.1) is 0 Å². The lowest BCUT2D eigenvalue weighted by molar-refractivity contribution is 0.563. The number of allylic oxidation sites excluding steroid dienone is 1. The van der Waals surface area contributed by atoms with Crippen LogP contribution in [0.4, 0.5) is 4.39 Å². The molecule has 0 unspecified atom stereocenters. The van der Waals surface area contributed by atoms with Crippen LogP contribution in [-0.4, -0.2) is 6.67 Å². The molecule has 0 N–H and O–H groups in total. The van der Waals surface area contributed by atoms with Crippen molar-refractivity contribution in [3.8, 4) is 0 Å². The molecule has 0 amide bonds. The maximum absolute atomic E-state index is 11.6. The number of benzene rings is 1. The van der Waals surface area contributed by atoms with Gasteiger partial charge >= 0.3 is 0 Å². The molecule has 1 aromatic rings. The smallest absolute Gasteiger partial charge is 0.108 e. The van der Waals surface area contributed by atoms with Crippen molar-refractivity contribution < 1.29 is 4.39 Å². The van der Waals surface area contributed by atoms with Crippen LogP contribution >= 0.6 is 0 Å². The molecule has 0 spiro atoms. The van der Waals surface area contributed by atoms with Crippen LogP contribution in [0.3, 0.4) is 0 Å². The second-order valence-corrected chi connectivity index (χ2v) is 1.97. The van der Waals surface area contributed by atoms with Crippen LogP contribution in [0.25, 0.3) is 6.08 Å². The van der Waals surface area contributed by atoms with Gasteiger partial charge in [0.05, 0.1) is 0 Å². The number of hydrogen-bond donors (Lipinski definition) is 0. The Morgan fingerprint density at radius 1 is 1.20 bits per heavy atom. The molecule has 0 aromatic heterocycles. The van der Waals surface area contributed by atoms with Crippen LogP contribution in [0.1, 0.15) is 5.56 Å². The van der Waals surface area contributed by atoms with Crippen LogP contribution in [0.15, 0.2) is 36.4 Å². The summed E-state index contributed by atoms with van der Waals surface area (Å²) in [5, 5.41) is 0. The van der Waals surface area contributed by atoms with Crippen molar-refractivity contribution in [3.05, 3.63) is 42.0 Å². The molecule has 52 valence electrons. The molecule has 0 heterocycles. The maximum atomic E-state index is 11.6. The molecule has 1 aromatic carbocycles. The van der Waals surface area contributed by atoms with Crippen molar-refractivity contribution in [1.82, 2.24) is 0 Å². The lowest BCUT2D eigenvalue weighted by atomic mass is 10.2. The molecule has 1 heteroatoms. The molecular weight excluding hydrogens is 127 g/mol. The predicted octanol–water partition coefficient (Wildman–Crippen LogP) is 2.67. The Kier molecular flexibility index (Phi) is 2.68. The van der Waals surface area contributed by atoms with Gasteiger partial charge in [-0.25, -0.2) is 4.39 Å². The summed E-state index contributed by atoms with van der Waals surface area (Å²) in [6.07, 6.45) is 3.26. The van der Waals surface area contributed by atoms with Gasteiger partial charge in [0, 0.05) is 0 Å². The van der Waals surface area contributed by atoms with Crippen LogP contribution in [-0.2, 0) is 0 Å². The average molecular weight is 136 g/mol. The van der Waals surface area contributed by atoms with Crippen molar-refractivity contribution in [2.24, 2.45) is 0 Å². The van der Waals surface area contributed by atoms with Crippen molar-refractivity contribution in [3.63, 3.8) is 0 Å². The van der Waals surface area contributed by atoms with E-state index in [2.05, 4.69) is 0 Å². The van der Waals surface area contributed by atoms with E-state index in [1.165, 1.54) is 6.08 Å². The Morgan fingerprint density at radius 3 is 2.50 bits per heavy atom. The molecule has 0 aliphatic heterocycles. The average Bonchev–Trinajstić information content (AvgIpc) is 2.03. The van der Waals surface area contributed by atoms with E-state index in [0.29, 0.717) is 0 Å².